The quantitative estimate of drug-likeness (QED) is 0.801. The first-order chi connectivity index (χ1) is 13.5. The van der Waals surface area contributed by atoms with Crippen LogP contribution in [0, 0.1) is 11.8 Å². The molecule has 1 heterocycles. The van der Waals surface area contributed by atoms with Crippen LogP contribution in [0.1, 0.15) is 22.8 Å². The Morgan fingerprint density at radius 1 is 1.11 bits per heavy atom. The number of cyclic esters (lactones) is 1. The van der Waals surface area contributed by atoms with Gasteiger partial charge in [0.05, 0.1) is 13.1 Å². The highest BCUT2D eigenvalue weighted by Crippen LogP contribution is 2.18. The molecule has 1 aliphatic heterocycles. The summed E-state index contributed by atoms with van der Waals surface area (Å²) in [4.78, 5) is 36.2. The molecule has 0 aliphatic carbocycles. The largest absolute Gasteiger partial charge is 0.447 e. The van der Waals surface area contributed by atoms with E-state index in [4.69, 9.17) is 4.74 Å². The molecule has 1 fully saturated rings. The maximum atomic E-state index is 12.1. The highest BCUT2D eigenvalue weighted by Gasteiger charge is 2.23. The first-order valence-corrected chi connectivity index (χ1v) is 8.72. The van der Waals surface area contributed by atoms with Crippen molar-refractivity contribution in [3.8, 4) is 11.8 Å². The molecule has 0 atom stereocenters. The smallest absolute Gasteiger partial charge is 0.414 e. The molecule has 0 spiro atoms. The molecule has 1 saturated heterocycles. The number of benzene rings is 2. The van der Waals surface area contributed by atoms with Crippen LogP contribution in [0.4, 0.5) is 16.2 Å². The fourth-order valence-corrected chi connectivity index (χ4v) is 2.63. The summed E-state index contributed by atoms with van der Waals surface area (Å²) >= 11 is 0. The van der Waals surface area contributed by atoms with Crippen molar-refractivity contribution >= 4 is 29.3 Å². The van der Waals surface area contributed by atoms with E-state index >= 15 is 0 Å². The first-order valence-electron chi connectivity index (χ1n) is 8.72. The third kappa shape index (κ3) is 4.89. The Hall–Kier alpha value is -3.79. The van der Waals surface area contributed by atoms with E-state index in [9.17, 15) is 14.4 Å². The second-order valence-corrected chi connectivity index (χ2v) is 6.06. The van der Waals surface area contributed by atoms with Gasteiger partial charge in [-0.1, -0.05) is 11.8 Å². The van der Waals surface area contributed by atoms with Crippen molar-refractivity contribution < 1.29 is 19.1 Å². The molecule has 142 valence electrons. The highest BCUT2D eigenvalue weighted by molar-refractivity contribution is 5.95. The maximum Gasteiger partial charge on any atom is 0.414 e. The lowest BCUT2D eigenvalue weighted by molar-refractivity contribution is -0.114. The number of rotatable bonds is 4. The predicted octanol–water partition coefficient (Wildman–Crippen LogP) is 2.38. The molecule has 2 N–H and O–H groups in total. The second-order valence-electron chi connectivity index (χ2n) is 6.06. The standard InChI is InChI=1S/C21H19N3O4/c1-15(25)23-18-8-6-17(7-9-18)20(26)22-12-2-3-16-4-10-19(11-5-16)24-13-14-28-21(24)27/h4-11H,12-14H2,1H3,(H,22,26)(H,23,25). The molecule has 1 aliphatic rings. The summed E-state index contributed by atoms with van der Waals surface area (Å²) in [7, 11) is 0. The van der Waals surface area contributed by atoms with Crippen LogP contribution in [0.15, 0.2) is 48.5 Å². The van der Waals surface area contributed by atoms with Crippen molar-refractivity contribution in [1.29, 1.82) is 0 Å². The van der Waals surface area contributed by atoms with Crippen molar-refractivity contribution in [3.05, 3.63) is 59.7 Å². The monoisotopic (exact) mass is 377 g/mol. The Balaban J connectivity index is 1.51. The minimum Gasteiger partial charge on any atom is -0.447 e. The number of nitrogens with zero attached hydrogens (tertiary/aromatic N) is 1. The summed E-state index contributed by atoms with van der Waals surface area (Å²) in [5.74, 6) is 5.45. The number of carbonyl (C=O) groups excluding carboxylic acids is 3. The van der Waals surface area contributed by atoms with Gasteiger partial charge in [0, 0.05) is 29.4 Å². The van der Waals surface area contributed by atoms with E-state index in [1.807, 2.05) is 24.3 Å². The summed E-state index contributed by atoms with van der Waals surface area (Å²) < 4.78 is 4.91. The van der Waals surface area contributed by atoms with E-state index in [1.165, 1.54) is 6.92 Å². The van der Waals surface area contributed by atoms with Crippen molar-refractivity contribution in [2.75, 3.05) is 29.9 Å². The number of anilines is 2. The Morgan fingerprint density at radius 3 is 2.43 bits per heavy atom. The average molecular weight is 377 g/mol. The van der Waals surface area contributed by atoms with Gasteiger partial charge in [-0.2, -0.15) is 0 Å². The van der Waals surface area contributed by atoms with Gasteiger partial charge in [-0.15, -0.1) is 0 Å². The summed E-state index contributed by atoms with van der Waals surface area (Å²) in [6, 6.07) is 13.9. The minimum atomic E-state index is -0.341. The van der Waals surface area contributed by atoms with Gasteiger partial charge in [-0.3, -0.25) is 14.5 Å². The van der Waals surface area contributed by atoms with Gasteiger partial charge in [0.15, 0.2) is 0 Å². The van der Waals surface area contributed by atoms with Crippen molar-refractivity contribution in [3.63, 3.8) is 0 Å². The van der Waals surface area contributed by atoms with Crippen molar-refractivity contribution in [2.24, 2.45) is 0 Å². The second kappa shape index (κ2) is 8.73. The molecular formula is C21H19N3O4. The zero-order valence-electron chi connectivity index (χ0n) is 15.3. The Kier molecular flexibility index (Phi) is 5.92. The van der Waals surface area contributed by atoms with Gasteiger partial charge < -0.3 is 15.4 Å². The molecule has 7 heteroatoms. The molecule has 0 radical (unpaired) electrons. The van der Waals surface area contributed by atoms with E-state index in [0.717, 1.165) is 11.3 Å². The molecule has 7 nitrogen and oxygen atoms in total. The fourth-order valence-electron chi connectivity index (χ4n) is 2.63. The molecule has 2 aromatic rings. The summed E-state index contributed by atoms with van der Waals surface area (Å²) in [5, 5.41) is 5.37. The van der Waals surface area contributed by atoms with Crippen LogP contribution in [-0.4, -0.2) is 37.6 Å². The molecule has 3 rings (SSSR count). The summed E-state index contributed by atoms with van der Waals surface area (Å²) in [6.07, 6.45) is -0.341. The average Bonchev–Trinajstić information content (AvgIpc) is 3.11. The first kappa shape index (κ1) is 19.0. The minimum absolute atomic E-state index is 0.166. The van der Waals surface area contributed by atoms with Gasteiger partial charge in [0.2, 0.25) is 5.91 Å². The molecule has 3 amide bonds. The van der Waals surface area contributed by atoms with E-state index in [0.29, 0.717) is 24.4 Å². The molecule has 0 aromatic heterocycles. The molecule has 0 saturated carbocycles. The normalized spacial score (nSPS) is 12.6. The Labute approximate surface area is 162 Å². The van der Waals surface area contributed by atoms with Gasteiger partial charge in [0.25, 0.3) is 5.91 Å². The van der Waals surface area contributed by atoms with Crippen LogP contribution in [0.25, 0.3) is 0 Å². The van der Waals surface area contributed by atoms with E-state index < -0.39 is 0 Å². The van der Waals surface area contributed by atoms with Crippen LogP contribution in [0.5, 0.6) is 0 Å². The summed E-state index contributed by atoms with van der Waals surface area (Å²) in [6.45, 7) is 2.57. The third-order valence-corrected chi connectivity index (χ3v) is 3.98. The number of amides is 3. The third-order valence-electron chi connectivity index (χ3n) is 3.98. The SMILES string of the molecule is CC(=O)Nc1ccc(C(=O)NCC#Cc2ccc(N3CCOC3=O)cc2)cc1. The van der Waals surface area contributed by atoms with Crippen LogP contribution in [0.2, 0.25) is 0 Å². The molecule has 0 bridgehead atoms. The molecule has 0 unspecified atom stereocenters. The van der Waals surface area contributed by atoms with Crippen LogP contribution < -0.4 is 15.5 Å². The van der Waals surface area contributed by atoms with Crippen LogP contribution in [0.3, 0.4) is 0 Å². The topological polar surface area (TPSA) is 87.7 Å². The Bertz CT molecular complexity index is 940. The Morgan fingerprint density at radius 2 is 1.82 bits per heavy atom. The number of ether oxygens (including phenoxy) is 1. The predicted molar refractivity (Wildman–Crippen MR) is 105 cm³/mol. The lowest BCUT2D eigenvalue weighted by Gasteiger charge is -2.11. The van der Waals surface area contributed by atoms with Crippen LogP contribution in [-0.2, 0) is 9.53 Å². The zero-order chi connectivity index (χ0) is 19.9. The van der Waals surface area contributed by atoms with Crippen molar-refractivity contribution in [2.45, 2.75) is 6.92 Å². The zero-order valence-corrected chi connectivity index (χ0v) is 15.3. The van der Waals surface area contributed by atoms with E-state index in [2.05, 4.69) is 22.5 Å². The number of nitrogens with one attached hydrogen (secondary N) is 2. The molecule has 2 aromatic carbocycles. The van der Waals surface area contributed by atoms with Gasteiger partial charge in [0.1, 0.15) is 6.61 Å². The molecule has 28 heavy (non-hydrogen) atoms. The number of hydrogen-bond acceptors (Lipinski definition) is 4. The van der Waals surface area contributed by atoms with Crippen LogP contribution >= 0.6 is 0 Å². The van der Waals surface area contributed by atoms with E-state index in [1.54, 1.807) is 29.2 Å². The van der Waals surface area contributed by atoms with Gasteiger partial charge >= 0.3 is 6.09 Å². The van der Waals surface area contributed by atoms with E-state index in [-0.39, 0.29) is 24.5 Å². The van der Waals surface area contributed by atoms with Gasteiger partial charge in [-0.05, 0) is 48.5 Å². The van der Waals surface area contributed by atoms with Gasteiger partial charge in [-0.25, -0.2) is 4.79 Å². The number of carbonyl (C=O) groups is 3. The maximum absolute atomic E-state index is 12.1. The molecular weight excluding hydrogens is 358 g/mol. The number of hydrogen-bond donors (Lipinski definition) is 2. The lowest BCUT2D eigenvalue weighted by Crippen LogP contribution is -2.23. The highest BCUT2D eigenvalue weighted by atomic mass is 16.6. The van der Waals surface area contributed by atoms with Crippen molar-refractivity contribution in [1.82, 2.24) is 5.32 Å². The fraction of sp³-hybridized carbons (Fsp3) is 0.190. The lowest BCUT2D eigenvalue weighted by atomic mass is 10.2. The summed E-state index contributed by atoms with van der Waals surface area (Å²) in [5.41, 5.74) is 2.67.